The third kappa shape index (κ3) is 5.60. The first-order valence-corrected chi connectivity index (χ1v) is 13.3. The predicted molar refractivity (Wildman–Crippen MR) is 138 cm³/mol. The van der Waals surface area contributed by atoms with Crippen LogP contribution in [-0.4, -0.2) is 88.8 Å². The number of ether oxygens (including phenoxy) is 2. The third-order valence-corrected chi connectivity index (χ3v) is 8.04. The lowest BCUT2D eigenvalue weighted by molar-refractivity contribution is -0.148. The van der Waals surface area contributed by atoms with Crippen molar-refractivity contribution < 1.29 is 24.2 Å². The maximum Gasteiger partial charge on any atom is 0.270 e. The molecular weight excluding hydrogens is 472 g/mol. The summed E-state index contributed by atoms with van der Waals surface area (Å²) in [5, 5.41) is 14.0. The topological polar surface area (TPSA) is 107 Å². The molecule has 3 heterocycles. The van der Waals surface area contributed by atoms with Crippen molar-refractivity contribution in [3.05, 3.63) is 59.4 Å². The van der Waals surface area contributed by atoms with Gasteiger partial charge in [-0.25, -0.2) is 0 Å². The van der Waals surface area contributed by atoms with E-state index >= 15 is 0 Å². The van der Waals surface area contributed by atoms with Gasteiger partial charge in [-0.05, 0) is 36.5 Å². The zero-order chi connectivity index (χ0) is 25.8. The molecule has 9 heteroatoms. The minimum absolute atomic E-state index is 0.0686. The Hall–Kier alpha value is -2.72. The van der Waals surface area contributed by atoms with Gasteiger partial charge in [0.05, 0.1) is 31.9 Å². The van der Waals surface area contributed by atoms with E-state index < -0.39 is 17.7 Å². The summed E-state index contributed by atoms with van der Waals surface area (Å²) in [4.78, 5) is 33.9. The Kier molecular flexibility index (Phi) is 7.95. The number of likely N-dealkylation sites (tertiary alicyclic amines) is 1. The van der Waals surface area contributed by atoms with E-state index in [-0.39, 0.29) is 17.9 Å². The lowest BCUT2D eigenvalue weighted by Gasteiger charge is -2.49. The fraction of sp³-hybridized carbons (Fsp3) is 0.571. The van der Waals surface area contributed by atoms with Crippen LogP contribution in [0.5, 0.6) is 0 Å². The first-order valence-electron chi connectivity index (χ1n) is 13.3. The summed E-state index contributed by atoms with van der Waals surface area (Å²) in [6.07, 6.45) is 5.20. The minimum Gasteiger partial charge on any atom is -0.391 e. The van der Waals surface area contributed by atoms with Crippen LogP contribution in [0.15, 0.2) is 42.6 Å². The molecule has 1 aliphatic carbocycles. The fourth-order valence-corrected chi connectivity index (χ4v) is 6.17. The Labute approximate surface area is 218 Å². The zero-order valence-corrected chi connectivity index (χ0v) is 21.5. The van der Waals surface area contributed by atoms with Crippen LogP contribution in [0.25, 0.3) is 0 Å². The van der Waals surface area contributed by atoms with Gasteiger partial charge in [-0.2, -0.15) is 0 Å². The smallest absolute Gasteiger partial charge is 0.270 e. The van der Waals surface area contributed by atoms with Crippen LogP contribution in [0, 0.1) is 0 Å². The Balaban J connectivity index is 1.28. The van der Waals surface area contributed by atoms with Crippen molar-refractivity contribution in [1.29, 1.82) is 0 Å². The van der Waals surface area contributed by atoms with Crippen LogP contribution in [-0.2, 0) is 27.4 Å². The van der Waals surface area contributed by atoms with Crippen LogP contribution in [0.3, 0.4) is 0 Å². The van der Waals surface area contributed by atoms with Gasteiger partial charge >= 0.3 is 0 Å². The number of aromatic nitrogens is 1. The van der Waals surface area contributed by atoms with Crippen molar-refractivity contribution in [1.82, 2.24) is 20.1 Å². The van der Waals surface area contributed by atoms with Gasteiger partial charge in [0.1, 0.15) is 17.3 Å². The number of carbonyl (C=O) groups is 2. The van der Waals surface area contributed by atoms with Crippen LogP contribution >= 0.6 is 0 Å². The molecule has 37 heavy (non-hydrogen) atoms. The largest absolute Gasteiger partial charge is 0.391 e. The van der Waals surface area contributed by atoms with E-state index in [9.17, 15) is 14.7 Å². The van der Waals surface area contributed by atoms with E-state index in [1.54, 1.807) is 13.3 Å². The number of carbonyl (C=O) groups excluding carboxylic acids is 2. The van der Waals surface area contributed by atoms with Crippen molar-refractivity contribution in [2.45, 2.75) is 69.0 Å². The highest BCUT2D eigenvalue weighted by molar-refractivity contribution is 5.92. The van der Waals surface area contributed by atoms with Crippen molar-refractivity contribution in [3.63, 3.8) is 0 Å². The van der Waals surface area contributed by atoms with Crippen LogP contribution < -0.4 is 5.32 Å². The summed E-state index contributed by atoms with van der Waals surface area (Å²) in [6, 6.07) is 11.0. The molecule has 200 valence electrons. The van der Waals surface area contributed by atoms with E-state index in [1.807, 2.05) is 41.3 Å². The summed E-state index contributed by atoms with van der Waals surface area (Å²) in [6.45, 7) is 3.09. The van der Waals surface area contributed by atoms with Gasteiger partial charge < -0.3 is 29.8 Å². The molecule has 2 aliphatic heterocycles. The second kappa shape index (κ2) is 11.3. The number of hydrogen-bond acceptors (Lipinski definition) is 6. The van der Waals surface area contributed by atoms with Crippen molar-refractivity contribution in [2.24, 2.45) is 0 Å². The number of aliphatic hydroxyl groups is 1. The van der Waals surface area contributed by atoms with Crippen molar-refractivity contribution in [3.8, 4) is 0 Å². The number of aliphatic hydroxyl groups excluding tert-OH is 1. The standard InChI is InChI=1S/C28H38N4O5/c1-36-18-21-15-22(29-16-21)27(35)32-13-14-37-28(19-32)11-6-5-9-24(28)30-26(34)25-23(33)10-12-31(25)17-20-7-3-2-4-8-20/h2-4,7-8,15-16,23-25,29,33H,5-6,9-14,17-19H2,1H3,(H,30,34)/t23-,24-,25-,28+/m0/s1. The first-order chi connectivity index (χ1) is 18.0. The second-order valence-electron chi connectivity index (χ2n) is 10.6. The van der Waals surface area contributed by atoms with Gasteiger partial charge in [-0.3, -0.25) is 14.5 Å². The number of methoxy groups -OCH3 is 1. The Morgan fingerprint density at radius 1 is 1.19 bits per heavy atom. The minimum atomic E-state index is -0.706. The predicted octanol–water partition coefficient (Wildman–Crippen LogP) is 2.07. The molecule has 4 atom stereocenters. The summed E-state index contributed by atoms with van der Waals surface area (Å²) in [7, 11) is 1.63. The monoisotopic (exact) mass is 510 g/mol. The van der Waals surface area contributed by atoms with E-state index in [2.05, 4.69) is 15.2 Å². The highest BCUT2D eigenvalue weighted by Gasteiger charge is 2.48. The molecule has 9 nitrogen and oxygen atoms in total. The molecule has 0 unspecified atom stereocenters. The molecule has 0 radical (unpaired) electrons. The van der Waals surface area contributed by atoms with Crippen LogP contribution in [0.1, 0.15) is 53.7 Å². The molecule has 3 N–H and O–H groups in total. The van der Waals surface area contributed by atoms with Gasteiger partial charge in [-0.1, -0.05) is 43.2 Å². The number of H-pyrrole nitrogens is 1. The van der Waals surface area contributed by atoms with E-state index in [0.717, 1.165) is 36.8 Å². The molecule has 1 spiro atoms. The highest BCUT2D eigenvalue weighted by Crippen LogP contribution is 2.36. The van der Waals surface area contributed by atoms with Gasteiger partial charge in [0, 0.05) is 32.9 Å². The number of aromatic amines is 1. The molecule has 2 aromatic rings. The van der Waals surface area contributed by atoms with Crippen molar-refractivity contribution in [2.75, 3.05) is 33.4 Å². The van der Waals surface area contributed by atoms with Gasteiger partial charge in [0.2, 0.25) is 5.91 Å². The lowest BCUT2D eigenvalue weighted by atomic mass is 9.78. The number of rotatable bonds is 7. The summed E-state index contributed by atoms with van der Waals surface area (Å²) in [5.74, 6) is -0.228. The van der Waals surface area contributed by atoms with Crippen LogP contribution in [0.2, 0.25) is 0 Å². The zero-order valence-electron chi connectivity index (χ0n) is 21.5. The highest BCUT2D eigenvalue weighted by atomic mass is 16.5. The Morgan fingerprint density at radius 2 is 2.03 bits per heavy atom. The fourth-order valence-electron chi connectivity index (χ4n) is 6.17. The van der Waals surface area contributed by atoms with E-state index in [1.165, 1.54) is 0 Å². The Morgan fingerprint density at radius 3 is 2.84 bits per heavy atom. The van der Waals surface area contributed by atoms with Gasteiger partial charge in [0.25, 0.3) is 5.91 Å². The van der Waals surface area contributed by atoms with E-state index in [0.29, 0.717) is 51.5 Å². The number of hydrogen-bond donors (Lipinski definition) is 3. The van der Waals surface area contributed by atoms with Gasteiger partial charge in [-0.15, -0.1) is 0 Å². The molecule has 3 aliphatic rings. The molecule has 5 rings (SSSR count). The number of benzene rings is 1. The molecule has 1 aromatic carbocycles. The maximum atomic E-state index is 13.6. The molecule has 2 amide bonds. The third-order valence-electron chi connectivity index (χ3n) is 8.04. The SMILES string of the molecule is COCc1c[nH]c(C(=O)N2CCO[C@]3(CCCC[C@@H]3NC(=O)[C@@H]3[C@@H](O)CCN3Cc3ccccc3)C2)c1. The maximum absolute atomic E-state index is 13.6. The lowest BCUT2D eigenvalue weighted by Crippen LogP contribution is -2.66. The summed E-state index contributed by atoms with van der Waals surface area (Å²) < 4.78 is 11.5. The molecule has 1 saturated carbocycles. The summed E-state index contributed by atoms with van der Waals surface area (Å²) in [5.41, 5.74) is 1.95. The molecule has 1 aromatic heterocycles. The average molecular weight is 511 g/mol. The number of nitrogens with one attached hydrogen (secondary N) is 2. The van der Waals surface area contributed by atoms with E-state index in [4.69, 9.17) is 9.47 Å². The summed E-state index contributed by atoms with van der Waals surface area (Å²) >= 11 is 0. The number of amides is 2. The van der Waals surface area contributed by atoms with Crippen LogP contribution in [0.4, 0.5) is 0 Å². The number of morpholine rings is 1. The van der Waals surface area contributed by atoms with Crippen molar-refractivity contribution >= 4 is 11.8 Å². The average Bonchev–Trinajstić information content (AvgIpc) is 3.52. The molecule has 0 bridgehead atoms. The van der Waals surface area contributed by atoms with Gasteiger partial charge in [0.15, 0.2) is 0 Å². The normalized spacial score (nSPS) is 28.5. The first kappa shape index (κ1) is 25.9. The molecule has 2 saturated heterocycles. The second-order valence-corrected chi connectivity index (χ2v) is 10.6. The quantitative estimate of drug-likeness (QED) is 0.527. The molecule has 3 fully saturated rings. The number of nitrogens with zero attached hydrogens (tertiary/aromatic N) is 2. The molecular formula is C28H38N4O5. The Bertz CT molecular complexity index is 1070.